The van der Waals surface area contributed by atoms with Gasteiger partial charge in [0.1, 0.15) is 5.75 Å². The summed E-state index contributed by atoms with van der Waals surface area (Å²) < 4.78 is 5.51. The Balaban J connectivity index is 1.74. The molecule has 1 amide bonds. The third kappa shape index (κ3) is 3.68. The minimum atomic E-state index is -0.526. The Kier molecular flexibility index (Phi) is 4.52. The highest BCUT2D eigenvalue weighted by Crippen LogP contribution is 2.35. The maximum absolute atomic E-state index is 11.9. The molecular weight excluding hydrogens is 318 g/mol. The highest BCUT2D eigenvalue weighted by Gasteiger charge is 2.11. The SMILES string of the molecule is Cc1ccc(C)c(OCC(=O)N=Nc2c(O)[nH]c3ccc(C)cc23)c1. The number of aromatic amines is 1. The van der Waals surface area contributed by atoms with Gasteiger partial charge in [0.25, 0.3) is 0 Å². The van der Waals surface area contributed by atoms with E-state index in [1.54, 1.807) is 0 Å². The van der Waals surface area contributed by atoms with E-state index in [2.05, 4.69) is 15.2 Å². The van der Waals surface area contributed by atoms with E-state index in [-0.39, 0.29) is 18.2 Å². The number of carbonyl (C=O) groups excluding carboxylic acids is 1. The number of nitrogens with one attached hydrogen (secondary N) is 1. The lowest BCUT2D eigenvalue weighted by Crippen LogP contribution is -2.08. The summed E-state index contributed by atoms with van der Waals surface area (Å²) in [6, 6.07) is 11.4. The van der Waals surface area contributed by atoms with Crippen LogP contribution in [0.1, 0.15) is 16.7 Å². The second-order valence-corrected chi connectivity index (χ2v) is 6.02. The smallest absolute Gasteiger partial charge is 0.302 e. The molecule has 0 saturated carbocycles. The monoisotopic (exact) mass is 337 g/mol. The number of rotatable bonds is 4. The van der Waals surface area contributed by atoms with Gasteiger partial charge in [-0.3, -0.25) is 4.79 Å². The van der Waals surface area contributed by atoms with Gasteiger partial charge in [0.15, 0.2) is 12.3 Å². The summed E-state index contributed by atoms with van der Waals surface area (Å²) in [6.45, 7) is 5.59. The van der Waals surface area contributed by atoms with Gasteiger partial charge in [-0.2, -0.15) is 0 Å². The number of ether oxygens (including phenoxy) is 1. The number of aromatic hydroxyl groups is 1. The normalized spacial score (nSPS) is 11.3. The molecule has 0 aliphatic rings. The first kappa shape index (κ1) is 16.7. The zero-order valence-corrected chi connectivity index (χ0v) is 14.3. The molecule has 6 nitrogen and oxygen atoms in total. The fraction of sp³-hybridized carbons (Fsp3) is 0.211. The van der Waals surface area contributed by atoms with Gasteiger partial charge < -0.3 is 14.8 Å². The van der Waals surface area contributed by atoms with Crippen LogP contribution in [-0.4, -0.2) is 22.6 Å². The van der Waals surface area contributed by atoms with Crippen LogP contribution in [0.25, 0.3) is 10.9 Å². The molecule has 3 aromatic rings. The largest absolute Gasteiger partial charge is 0.493 e. The van der Waals surface area contributed by atoms with Gasteiger partial charge in [-0.05, 0) is 50.1 Å². The van der Waals surface area contributed by atoms with E-state index in [0.29, 0.717) is 11.1 Å². The molecule has 25 heavy (non-hydrogen) atoms. The first-order valence-corrected chi connectivity index (χ1v) is 7.90. The molecule has 0 atom stereocenters. The molecule has 128 valence electrons. The quantitative estimate of drug-likeness (QED) is 0.688. The number of amides is 1. The maximum atomic E-state index is 11.9. The summed E-state index contributed by atoms with van der Waals surface area (Å²) in [7, 11) is 0. The van der Waals surface area contributed by atoms with Gasteiger partial charge in [0.05, 0.1) is 5.52 Å². The summed E-state index contributed by atoms with van der Waals surface area (Å²) in [5, 5.41) is 18.2. The van der Waals surface area contributed by atoms with Crippen molar-refractivity contribution in [2.45, 2.75) is 20.8 Å². The number of fused-ring (bicyclic) bond motifs is 1. The molecule has 0 bridgehead atoms. The van der Waals surface area contributed by atoms with Crippen LogP contribution < -0.4 is 4.74 Å². The number of benzene rings is 2. The lowest BCUT2D eigenvalue weighted by atomic mass is 10.1. The van der Waals surface area contributed by atoms with Crippen molar-refractivity contribution >= 4 is 22.5 Å². The van der Waals surface area contributed by atoms with Crippen LogP contribution in [0.5, 0.6) is 11.6 Å². The van der Waals surface area contributed by atoms with Gasteiger partial charge in [-0.25, -0.2) is 0 Å². The molecule has 0 unspecified atom stereocenters. The van der Waals surface area contributed by atoms with Crippen molar-refractivity contribution in [3.8, 4) is 11.6 Å². The number of aromatic nitrogens is 1. The van der Waals surface area contributed by atoms with Crippen molar-refractivity contribution in [1.29, 1.82) is 0 Å². The second-order valence-electron chi connectivity index (χ2n) is 6.02. The highest BCUT2D eigenvalue weighted by molar-refractivity contribution is 5.94. The Morgan fingerprint density at radius 3 is 2.64 bits per heavy atom. The Labute approximate surface area is 145 Å². The van der Waals surface area contributed by atoms with Crippen LogP contribution in [0, 0.1) is 20.8 Å². The van der Waals surface area contributed by atoms with Crippen LogP contribution in [0.3, 0.4) is 0 Å². The predicted molar refractivity (Wildman–Crippen MR) is 95.6 cm³/mol. The van der Waals surface area contributed by atoms with E-state index in [1.165, 1.54) is 0 Å². The number of hydrogen-bond donors (Lipinski definition) is 2. The van der Waals surface area contributed by atoms with E-state index in [1.807, 2.05) is 57.2 Å². The predicted octanol–water partition coefficient (Wildman–Crippen LogP) is 4.49. The molecule has 2 N–H and O–H groups in total. The van der Waals surface area contributed by atoms with Crippen molar-refractivity contribution in [2.24, 2.45) is 10.2 Å². The Bertz CT molecular complexity index is 973. The maximum Gasteiger partial charge on any atom is 0.302 e. The van der Waals surface area contributed by atoms with Gasteiger partial charge >= 0.3 is 5.91 Å². The van der Waals surface area contributed by atoms with E-state index in [4.69, 9.17) is 4.74 Å². The third-order valence-electron chi connectivity index (χ3n) is 3.86. The Morgan fingerprint density at radius 1 is 1.12 bits per heavy atom. The molecule has 2 aromatic carbocycles. The van der Waals surface area contributed by atoms with Crippen LogP contribution in [0.4, 0.5) is 5.69 Å². The first-order chi connectivity index (χ1) is 11.9. The Morgan fingerprint density at radius 2 is 1.84 bits per heavy atom. The van der Waals surface area contributed by atoms with E-state index < -0.39 is 5.91 Å². The highest BCUT2D eigenvalue weighted by atomic mass is 16.5. The van der Waals surface area contributed by atoms with Crippen LogP contribution in [-0.2, 0) is 4.79 Å². The van der Waals surface area contributed by atoms with Crippen LogP contribution in [0.2, 0.25) is 0 Å². The number of azo groups is 1. The minimum Gasteiger partial charge on any atom is -0.493 e. The summed E-state index contributed by atoms with van der Waals surface area (Å²) in [5.74, 6) is 0.00372. The first-order valence-electron chi connectivity index (χ1n) is 7.90. The molecular formula is C19H19N3O3. The third-order valence-corrected chi connectivity index (χ3v) is 3.86. The zero-order chi connectivity index (χ0) is 18.0. The van der Waals surface area contributed by atoms with Gasteiger partial charge in [-0.15, -0.1) is 10.2 Å². The summed E-state index contributed by atoms with van der Waals surface area (Å²) >= 11 is 0. The summed E-state index contributed by atoms with van der Waals surface area (Å²) in [5.41, 5.74) is 4.00. The molecule has 0 fully saturated rings. The number of carbonyl (C=O) groups is 1. The zero-order valence-electron chi connectivity index (χ0n) is 14.3. The molecule has 1 heterocycles. The number of nitrogens with zero attached hydrogens (tertiary/aromatic N) is 2. The fourth-order valence-electron chi connectivity index (χ4n) is 2.52. The van der Waals surface area contributed by atoms with Crippen molar-refractivity contribution in [3.63, 3.8) is 0 Å². The van der Waals surface area contributed by atoms with E-state index in [9.17, 15) is 9.90 Å². The molecule has 0 radical (unpaired) electrons. The Hall–Kier alpha value is -3.15. The average Bonchev–Trinajstić information content (AvgIpc) is 2.88. The van der Waals surface area contributed by atoms with Crippen molar-refractivity contribution in [2.75, 3.05) is 6.61 Å². The van der Waals surface area contributed by atoms with Gasteiger partial charge in [-0.1, -0.05) is 23.8 Å². The molecule has 0 aliphatic carbocycles. The fourth-order valence-corrected chi connectivity index (χ4v) is 2.52. The average molecular weight is 337 g/mol. The number of aryl methyl sites for hydroxylation is 3. The topological polar surface area (TPSA) is 87.0 Å². The molecule has 1 aromatic heterocycles. The standard InChI is InChI=1S/C19H19N3O3/c1-11-5-7-15-14(8-11)18(19(24)20-15)22-21-17(23)10-25-16-9-12(2)4-6-13(16)3/h4-9,20,24H,10H2,1-3H3. The minimum absolute atomic E-state index is 0.118. The van der Waals surface area contributed by atoms with Gasteiger partial charge in [0.2, 0.25) is 5.88 Å². The van der Waals surface area contributed by atoms with Crippen molar-refractivity contribution < 1.29 is 14.6 Å². The number of hydrogen-bond acceptors (Lipinski definition) is 4. The lowest BCUT2D eigenvalue weighted by Gasteiger charge is -2.07. The van der Waals surface area contributed by atoms with Crippen molar-refractivity contribution in [1.82, 2.24) is 4.98 Å². The summed E-state index contributed by atoms with van der Waals surface area (Å²) in [4.78, 5) is 14.8. The van der Waals surface area contributed by atoms with Gasteiger partial charge in [0, 0.05) is 5.39 Å². The van der Waals surface area contributed by atoms with Crippen LogP contribution in [0.15, 0.2) is 46.6 Å². The lowest BCUT2D eigenvalue weighted by molar-refractivity contribution is -0.120. The molecule has 3 rings (SSSR count). The summed E-state index contributed by atoms with van der Waals surface area (Å²) in [6.07, 6.45) is 0. The molecule has 0 aliphatic heterocycles. The van der Waals surface area contributed by atoms with E-state index in [0.717, 1.165) is 22.2 Å². The second kappa shape index (κ2) is 6.76. The molecule has 6 heteroatoms. The van der Waals surface area contributed by atoms with E-state index >= 15 is 0 Å². The molecule has 0 saturated heterocycles. The number of H-pyrrole nitrogens is 1. The van der Waals surface area contributed by atoms with Crippen LogP contribution >= 0.6 is 0 Å². The molecule has 0 spiro atoms. The van der Waals surface area contributed by atoms with Crippen molar-refractivity contribution in [3.05, 3.63) is 53.1 Å².